The van der Waals surface area contributed by atoms with Crippen LogP contribution in [0.1, 0.15) is 32.8 Å². The zero-order valence-corrected chi connectivity index (χ0v) is 18.3. The van der Waals surface area contributed by atoms with Crippen molar-refractivity contribution in [2.24, 2.45) is 5.73 Å². The van der Waals surface area contributed by atoms with Gasteiger partial charge in [0.15, 0.2) is 24.7 Å². The van der Waals surface area contributed by atoms with Crippen molar-refractivity contribution in [1.82, 2.24) is 0 Å². The van der Waals surface area contributed by atoms with E-state index < -0.39 is 31.0 Å². The van der Waals surface area contributed by atoms with Gasteiger partial charge in [-0.15, -0.1) is 11.3 Å². The number of ether oxygens (including phenoxy) is 4. The Morgan fingerprint density at radius 1 is 1.16 bits per heavy atom. The molecular formula is C21H21N3O7S. The first-order valence-corrected chi connectivity index (χ1v) is 10.4. The average Bonchev–Trinajstić information content (AvgIpc) is 3.35. The van der Waals surface area contributed by atoms with Crippen LogP contribution >= 0.6 is 11.3 Å². The summed E-state index contributed by atoms with van der Waals surface area (Å²) in [7, 11) is 2.69. The fraction of sp³-hybridized carbons (Fsp3) is 0.333. The number of primary amides is 1. The number of nitrogens with one attached hydrogen (secondary N) is 1. The van der Waals surface area contributed by atoms with Crippen LogP contribution in [0, 0.1) is 11.3 Å². The number of nitrogens with two attached hydrogens (primary N) is 1. The van der Waals surface area contributed by atoms with Crippen LogP contribution in [0.25, 0.3) is 0 Å². The molecule has 10 nitrogen and oxygen atoms in total. The van der Waals surface area contributed by atoms with Gasteiger partial charge < -0.3 is 30.0 Å². The summed E-state index contributed by atoms with van der Waals surface area (Å²) in [4.78, 5) is 36.9. The Morgan fingerprint density at radius 2 is 1.84 bits per heavy atom. The molecule has 0 saturated carbocycles. The summed E-state index contributed by atoms with van der Waals surface area (Å²) in [5.74, 6) is -1.72. The smallest absolute Gasteiger partial charge is 0.338 e. The molecule has 0 spiro atoms. The number of carbonyl (C=O) groups is 3. The van der Waals surface area contributed by atoms with Crippen LogP contribution in [-0.2, 0) is 27.2 Å². The van der Waals surface area contributed by atoms with E-state index in [-0.39, 0.29) is 22.8 Å². The van der Waals surface area contributed by atoms with Crippen LogP contribution in [0.3, 0.4) is 0 Å². The lowest BCUT2D eigenvalue weighted by atomic mass is 10.1. The van der Waals surface area contributed by atoms with E-state index in [9.17, 15) is 19.6 Å². The summed E-state index contributed by atoms with van der Waals surface area (Å²) in [6.07, 6.45) is 2.71. The number of esters is 1. The van der Waals surface area contributed by atoms with Gasteiger partial charge in [0.1, 0.15) is 11.1 Å². The minimum absolute atomic E-state index is 0.0470. The van der Waals surface area contributed by atoms with Crippen molar-refractivity contribution in [3.63, 3.8) is 0 Å². The number of amides is 2. The number of methoxy groups -OCH3 is 2. The minimum Gasteiger partial charge on any atom is -0.493 e. The summed E-state index contributed by atoms with van der Waals surface area (Å²) < 4.78 is 20.8. The third-order valence-electron chi connectivity index (χ3n) is 4.68. The second-order valence-electron chi connectivity index (χ2n) is 6.76. The first kappa shape index (κ1) is 22.9. The van der Waals surface area contributed by atoms with Gasteiger partial charge in [-0.2, -0.15) is 5.26 Å². The van der Waals surface area contributed by atoms with Gasteiger partial charge in [-0.25, -0.2) is 4.79 Å². The van der Waals surface area contributed by atoms with Crippen molar-refractivity contribution in [1.29, 1.82) is 5.26 Å². The van der Waals surface area contributed by atoms with E-state index in [0.29, 0.717) is 10.6 Å². The molecule has 0 atom stereocenters. The van der Waals surface area contributed by atoms with Gasteiger partial charge in [0, 0.05) is 4.88 Å². The molecule has 2 aromatic rings. The van der Waals surface area contributed by atoms with E-state index in [1.165, 1.54) is 37.7 Å². The molecule has 0 aliphatic heterocycles. The number of nitriles is 1. The standard InChI is InChI=1S/C21H21N3O7S/c1-28-14-6-11(7-15(29-2)19(14)30-9-17(23)25)21(27)31-10-18(26)24-20-13(8-22)12-4-3-5-16(12)32-20/h6-7H,3-5,9-10H2,1-2H3,(H2,23,25)(H,24,26). The highest BCUT2D eigenvalue weighted by Gasteiger charge is 2.24. The molecule has 3 N–H and O–H groups in total. The molecule has 0 radical (unpaired) electrons. The predicted octanol–water partition coefficient (Wildman–Crippen LogP) is 1.79. The number of hydrogen-bond donors (Lipinski definition) is 2. The lowest BCUT2D eigenvalue weighted by Crippen LogP contribution is -2.21. The normalized spacial score (nSPS) is 11.8. The maximum atomic E-state index is 12.5. The molecule has 0 fully saturated rings. The summed E-state index contributed by atoms with van der Waals surface area (Å²) in [5, 5.41) is 12.5. The Morgan fingerprint density at radius 3 is 2.44 bits per heavy atom. The number of benzene rings is 1. The number of anilines is 1. The second-order valence-corrected chi connectivity index (χ2v) is 7.87. The van der Waals surface area contributed by atoms with Gasteiger partial charge in [-0.05, 0) is 37.0 Å². The summed E-state index contributed by atoms with van der Waals surface area (Å²) in [6.45, 7) is -0.954. The molecule has 3 rings (SSSR count). The van der Waals surface area contributed by atoms with Crippen molar-refractivity contribution < 1.29 is 33.3 Å². The Labute approximate surface area is 187 Å². The van der Waals surface area contributed by atoms with Crippen LogP contribution in [0.4, 0.5) is 5.00 Å². The lowest BCUT2D eigenvalue weighted by Gasteiger charge is -2.15. The molecular weight excluding hydrogens is 438 g/mol. The molecule has 0 unspecified atom stereocenters. The summed E-state index contributed by atoms with van der Waals surface area (Å²) in [6, 6.07) is 4.80. The molecule has 1 aromatic heterocycles. The summed E-state index contributed by atoms with van der Waals surface area (Å²) >= 11 is 1.38. The van der Waals surface area contributed by atoms with Gasteiger partial charge in [-0.3, -0.25) is 9.59 Å². The topological polar surface area (TPSA) is 150 Å². The van der Waals surface area contributed by atoms with Gasteiger partial charge in [-0.1, -0.05) is 0 Å². The van der Waals surface area contributed by atoms with Crippen LogP contribution in [0.2, 0.25) is 0 Å². The number of thiophene rings is 1. The first-order chi connectivity index (χ1) is 15.4. The second kappa shape index (κ2) is 10.0. The number of rotatable bonds is 9. The van der Waals surface area contributed by atoms with Crippen molar-refractivity contribution in [2.45, 2.75) is 19.3 Å². The molecule has 0 bridgehead atoms. The highest BCUT2D eigenvalue weighted by atomic mass is 32.1. The van der Waals surface area contributed by atoms with Crippen molar-refractivity contribution >= 4 is 34.1 Å². The average molecular weight is 459 g/mol. The zero-order valence-electron chi connectivity index (χ0n) is 17.5. The third kappa shape index (κ3) is 4.92. The monoisotopic (exact) mass is 459 g/mol. The van der Waals surface area contributed by atoms with Crippen molar-refractivity contribution in [3.8, 4) is 23.3 Å². The van der Waals surface area contributed by atoms with Gasteiger partial charge in [0.2, 0.25) is 5.75 Å². The molecule has 1 aromatic carbocycles. The number of aryl methyl sites for hydroxylation is 1. The number of hydrogen-bond acceptors (Lipinski definition) is 9. The fourth-order valence-corrected chi connectivity index (χ4v) is 4.53. The van der Waals surface area contributed by atoms with Crippen LogP contribution in [0.5, 0.6) is 17.2 Å². The minimum atomic E-state index is -0.799. The Balaban J connectivity index is 1.67. The molecule has 32 heavy (non-hydrogen) atoms. The zero-order chi connectivity index (χ0) is 23.3. The lowest BCUT2D eigenvalue weighted by molar-refractivity contribution is -0.120. The van der Waals surface area contributed by atoms with Gasteiger partial charge in [0.05, 0.1) is 25.3 Å². The van der Waals surface area contributed by atoms with Crippen molar-refractivity contribution in [2.75, 3.05) is 32.8 Å². The number of carbonyl (C=O) groups excluding carboxylic acids is 3. The van der Waals surface area contributed by atoms with E-state index in [1.807, 2.05) is 0 Å². The molecule has 11 heteroatoms. The predicted molar refractivity (Wildman–Crippen MR) is 114 cm³/mol. The fourth-order valence-electron chi connectivity index (χ4n) is 3.27. The largest absolute Gasteiger partial charge is 0.493 e. The van der Waals surface area contributed by atoms with E-state index in [4.69, 9.17) is 24.7 Å². The quantitative estimate of drug-likeness (QED) is 0.539. The highest BCUT2D eigenvalue weighted by Crippen LogP contribution is 2.39. The van der Waals surface area contributed by atoms with Crippen LogP contribution in [0.15, 0.2) is 12.1 Å². The Hall–Kier alpha value is -3.78. The molecule has 1 heterocycles. The Bertz CT molecular complexity index is 1080. The van der Waals surface area contributed by atoms with Crippen molar-refractivity contribution in [3.05, 3.63) is 33.7 Å². The number of fused-ring (bicyclic) bond motifs is 1. The molecule has 0 saturated heterocycles. The first-order valence-electron chi connectivity index (χ1n) is 9.56. The van der Waals surface area contributed by atoms with E-state index >= 15 is 0 Å². The number of nitrogens with zero attached hydrogens (tertiary/aromatic N) is 1. The van der Waals surface area contributed by atoms with E-state index in [2.05, 4.69) is 11.4 Å². The molecule has 1 aliphatic rings. The maximum absolute atomic E-state index is 12.5. The molecule has 1 aliphatic carbocycles. The molecule has 168 valence electrons. The van der Waals surface area contributed by atoms with E-state index in [0.717, 1.165) is 29.7 Å². The van der Waals surface area contributed by atoms with E-state index in [1.54, 1.807) is 0 Å². The van der Waals surface area contributed by atoms with Gasteiger partial charge in [0.25, 0.3) is 11.8 Å². The Kier molecular flexibility index (Phi) is 7.17. The molecule has 2 amide bonds. The highest BCUT2D eigenvalue weighted by molar-refractivity contribution is 7.16. The summed E-state index contributed by atoms with van der Waals surface area (Å²) in [5.41, 5.74) is 6.60. The third-order valence-corrected chi connectivity index (χ3v) is 5.88. The van der Waals surface area contributed by atoms with Crippen LogP contribution in [-0.4, -0.2) is 45.2 Å². The maximum Gasteiger partial charge on any atom is 0.338 e. The SMILES string of the molecule is COc1cc(C(=O)OCC(=O)Nc2sc3c(c2C#N)CCC3)cc(OC)c1OCC(N)=O. The van der Waals surface area contributed by atoms with Gasteiger partial charge >= 0.3 is 5.97 Å². The van der Waals surface area contributed by atoms with Crippen LogP contribution < -0.4 is 25.3 Å².